The van der Waals surface area contributed by atoms with Crippen LogP contribution in [0.4, 0.5) is 4.39 Å². The molecule has 1 heterocycles. The molecule has 20 heavy (non-hydrogen) atoms. The Morgan fingerprint density at radius 1 is 1.30 bits per heavy atom. The lowest BCUT2D eigenvalue weighted by Crippen LogP contribution is -2.22. The van der Waals surface area contributed by atoms with Crippen molar-refractivity contribution in [3.05, 3.63) is 53.6 Å². The maximum atomic E-state index is 14.0. The van der Waals surface area contributed by atoms with Crippen molar-refractivity contribution in [1.82, 2.24) is 4.98 Å². The van der Waals surface area contributed by atoms with E-state index in [1.807, 2.05) is 26.0 Å². The number of ether oxygens (including phenoxy) is 1. The van der Waals surface area contributed by atoms with Crippen molar-refractivity contribution in [1.29, 1.82) is 0 Å². The summed E-state index contributed by atoms with van der Waals surface area (Å²) in [5, 5.41) is 0. The topological polar surface area (TPSA) is 48.1 Å². The van der Waals surface area contributed by atoms with Crippen LogP contribution in [0, 0.1) is 12.7 Å². The van der Waals surface area contributed by atoms with Crippen molar-refractivity contribution in [2.24, 2.45) is 5.73 Å². The first-order chi connectivity index (χ1) is 9.60. The van der Waals surface area contributed by atoms with Gasteiger partial charge in [0.05, 0.1) is 6.20 Å². The van der Waals surface area contributed by atoms with Gasteiger partial charge in [-0.15, -0.1) is 0 Å². The Kier molecular flexibility index (Phi) is 4.69. The van der Waals surface area contributed by atoms with Crippen LogP contribution in [0.3, 0.4) is 0 Å². The van der Waals surface area contributed by atoms with Crippen LogP contribution in [0.25, 0.3) is 0 Å². The van der Waals surface area contributed by atoms with Crippen molar-refractivity contribution in [3.63, 3.8) is 0 Å². The molecule has 0 aliphatic rings. The monoisotopic (exact) mass is 274 g/mol. The summed E-state index contributed by atoms with van der Waals surface area (Å²) < 4.78 is 19.7. The average Bonchev–Trinajstić information content (AvgIpc) is 2.45. The Morgan fingerprint density at radius 3 is 2.75 bits per heavy atom. The van der Waals surface area contributed by atoms with Gasteiger partial charge in [-0.2, -0.15) is 0 Å². The van der Waals surface area contributed by atoms with Gasteiger partial charge >= 0.3 is 0 Å². The predicted octanol–water partition coefficient (Wildman–Crippen LogP) is 3.60. The van der Waals surface area contributed by atoms with Crippen LogP contribution in [0.5, 0.6) is 11.5 Å². The van der Waals surface area contributed by atoms with E-state index in [1.165, 1.54) is 6.07 Å². The molecule has 106 valence electrons. The molecule has 2 aromatic rings. The van der Waals surface area contributed by atoms with Crippen LogP contribution < -0.4 is 10.5 Å². The normalized spacial score (nSPS) is 12.2. The van der Waals surface area contributed by atoms with Crippen LogP contribution in [-0.4, -0.2) is 11.0 Å². The number of halogens is 1. The molecule has 0 bridgehead atoms. The highest BCUT2D eigenvalue weighted by molar-refractivity contribution is 5.38. The second kappa shape index (κ2) is 6.48. The molecule has 0 fully saturated rings. The third-order valence-corrected chi connectivity index (χ3v) is 3.18. The van der Waals surface area contributed by atoms with Gasteiger partial charge in [0.1, 0.15) is 17.3 Å². The smallest absolute Gasteiger partial charge is 0.145 e. The minimum absolute atomic E-state index is 0.0783. The number of nitrogens with zero attached hydrogens (tertiary/aromatic N) is 1. The van der Waals surface area contributed by atoms with E-state index in [2.05, 4.69) is 4.98 Å². The SMILES string of the molecule is CCC(N)Cc1c(F)cccc1Oc1ccc(C)nc1. The molecule has 0 aliphatic carbocycles. The number of benzene rings is 1. The fraction of sp³-hybridized carbons (Fsp3) is 0.312. The fourth-order valence-corrected chi connectivity index (χ4v) is 1.88. The molecule has 1 atom stereocenters. The minimum Gasteiger partial charge on any atom is -0.455 e. The van der Waals surface area contributed by atoms with Crippen LogP contribution >= 0.6 is 0 Å². The van der Waals surface area contributed by atoms with E-state index in [9.17, 15) is 4.39 Å². The molecule has 0 spiro atoms. The second-order valence-electron chi connectivity index (χ2n) is 4.83. The molecule has 1 aromatic carbocycles. The van der Waals surface area contributed by atoms with Crippen molar-refractivity contribution in [3.8, 4) is 11.5 Å². The summed E-state index contributed by atoms with van der Waals surface area (Å²) >= 11 is 0. The maximum Gasteiger partial charge on any atom is 0.145 e. The summed E-state index contributed by atoms with van der Waals surface area (Å²) in [6.45, 7) is 3.88. The lowest BCUT2D eigenvalue weighted by molar-refractivity contribution is 0.459. The molecule has 4 heteroatoms. The van der Waals surface area contributed by atoms with Gasteiger partial charge in [-0.05, 0) is 44.0 Å². The Balaban J connectivity index is 2.26. The van der Waals surface area contributed by atoms with Gasteiger partial charge in [0, 0.05) is 17.3 Å². The van der Waals surface area contributed by atoms with E-state index in [0.717, 1.165) is 12.1 Å². The second-order valence-corrected chi connectivity index (χ2v) is 4.83. The Hall–Kier alpha value is -1.94. The molecule has 2 N–H and O–H groups in total. The van der Waals surface area contributed by atoms with Crippen LogP contribution in [0.1, 0.15) is 24.6 Å². The van der Waals surface area contributed by atoms with Gasteiger partial charge in [0.15, 0.2) is 0 Å². The zero-order valence-electron chi connectivity index (χ0n) is 11.8. The molecule has 1 aromatic heterocycles. The van der Waals surface area contributed by atoms with Crippen LogP contribution in [-0.2, 0) is 6.42 Å². The van der Waals surface area contributed by atoms with E-state index in [1.54, 1.807) is 18.3 Å². The molecule has 0 saturated carbocycles. The summed E-state index contributed by atoms with van der Waals surface area (Å²) in [5.74, 6) is 0.804. The summed E-state index contributed by atoms with van der Waals surface area (Å²) in [4.78, 5) is 4.16. The number of nitrogens with two attached hydrogens (primary N) is 1. The first kappa shape index (κ1) is 14.5. The van der Waals surface area contributed by atoms with Gasteiger partial charge < -0.3 is 10.5 Å². The molecule has 3 nitrogen and oxygen atoms in total. The molecule has 1 unspecified atom stereocenters. The zero-order chi connectivity index (χ0) is 14.5. The van der Waals surface area contributed by atoms with Gasteiger partial charge in [-0.1, -0.05) is 13.0 Å². The highest BCUT2D eigenvalue weighted by atomic mass is 19.1. The molecular formula is C16H19FN2O. The van der Waals surface area contributed by atoms with Gasteiger partial charge in [-0.3, -0.25) is 4.98 Å². The van der Waals surface area contributed by atoms with Gasteiger partial charge in [-0.25, -0.2) is 4.39 Å². The lowest BCUT2D eigenvalue weighted by atomic mass is 10.0. The Bertz CT molecular complexity index is 569. The van der Waals surface area contributed by atoms with E-state index in [0.29, 0.717) is 23.5 Å². The Labute approximate surface area is 118 Å². The standard InChI is InChI=1S/C16H19FN2O/c1-3-12(18)9-14-15(17)5-4-6-16(14)20-13-8-7-11(2)19-10-13/h4-8,10,12H,3,9,18H2,1-2H3. The van der Waals surface area contributed by atoms with E-state index in [4.69, 9.17) is 10.5 Å². The number of aromatic nitrogens is 1. The van der Waals surface area contributed by atoms with Crippen LogP contribution in [0.2, 0.25) is 0 Å². The Morgan fingerprint density at radius 2 is 2.10 bits per heavy atom. The van der Waals surface area contributed by atoms with Crippen molar-refractivity contribution in [2.45, 2.75) is 32.7 Å². The number of hydrogen-bond donors (Lipinski definition) is 1. The third kappa shape index (κ3) is 3.54. The molecule has 0 radical (unpaired) electrons. The van der Waals surface area contributed by atoms with Crippen molar-refractivity contribution < 1.29 is 9.13 Å². The number of hydrogen-bond acceptors (Lipinski definition) is 3. The van der Waals surface area contributed by atoms with E-state index in [-0.39, 0.29) is 11.9 Å². The maximum absolute atomic E-state index is 14.0. The van der Waals surface area contributed by atoms with E-state index < -0.39 is 0 Å². The number of aryl methyl sites for hydroxylation is 1. The highest BCUT2D eigenvalue weighted by Gasteiger charge is 2.13. The predicted molar refractivity (Wildman–Crippen MR) is 77.4 cm³/mol. The lowest BCUT2D eigenvalue weighted by Gasteiger charge is -2.14. The zero-order valence-corrected chi connectivity index (χ0v) is 11.8. The highest BCUT2D eigenvalue weighted by Crippen LogP contribution is 2.28. The molecular weight excluding hydrogens is 255 g/mol. The van der Waals surface area contributed by atoms with E-state index >= 15 is 0 Å². The quantitative estimate of drug-likeness (QED) is 0.906. The van der Waals surface area contributed by atoms with Crippen LogP contribution in [0.15, 0.2) is 36.5 Å². The van der Waals surface area contributed by atoms with Gasteiger partial charge in [0.2, 0.25) is 0 Å². The summed E-state index contributed by atoms with van der Waals surface area (Å²) in [6, 6.07) is 8.40. The summed E-state index contributed by atoms with van der Waals surface area (Å²) in [5.41, 5.74) is 7.34. The largest absolute Gasteiger partial charge is 0.455 e. The minimum atomic E-state index is -0.286. The first-order valence-electron chi connectivity index (χ1n) is 6.73. The molecule has 0 saturated heterocycles. The third-order valence-electron chi connectivity index (χ3n) is 3.18. The fourth-order valence-electron chi connectivity index (χ4n) is 1.88. The first-order valence-corrected chi connectivity index (χ1v) is 6.73. The van der Waals surface area contributed by atoms with Gasteiger partial charge in [0.25, 0.3) is 0 Å². The summed E-state index contributed by atoms with van der Waals surface area (Å²) in [7, 11) is 0. The molecule has 0 amide bonds. The summed E-state index contributed by atoms with van der Waals surface area (Å²) in [6.07, 6.45) is 2.88. The molecule has 2 rings (SSSR count). The average molecular weight is 274 g/mol. The number of rotatable bonds is 5. The molecule has 0 aliphatic heterocycles. The van der Waals surface area contributed by atoms with Crippen molar-refractivity contribution >= 4 is 0 Å². The number of pyridine rings is 1. The van der Waals surface area contributed by atoms with Crippen molar-refractivity contribution in [2.75, 3.05) is 0 Å².